The van der Waals surface area contributed by atoms with E-state index in [9.17, 15) is 13.2 Å². The molecule has 0 aliphatic rings. The summed E-state index contributed by atoms with van der Waals surface area (Å²) in [5.41, 5.74) is 0.690. The van der Waals surface area contributed by atoms with E-state index in [-0.39, 0.29) is 4.47 Å². The minimum Gasteiger partial charge on any atom is -0.381 e. The van der Waals surface area contributed by atoms with Gasteiger partial charge in [-0.05, 0) is 67.8 Å². The van der Waals surface area contributed by atoms with E-state index in [1.165, 1.54) is 6.07 Å². The van der Waals surface area contributed by atoms with Crippen molar-refractivity contribution in [3.63, 3.8) is 0 Å². The number of halogens is 6. The number of rotatable bonds is 3. The molecule has 0 heterocycles. The molecule has 0 saturated carbocycles. The molecule has 0 amide bonds. The lowest BCUT2D eigenvalue weighted by molar-refractivity contribution is -0.138. The van der Waals surface area contributed by atoms with Crippen molar-refractivity contribution in [3.05, 3.63) is 60.9 Å². The third-order valence-electron chi connectivity index (χ3n) is 2.75. The number of benzene rings is 2. The summed E-state index contributed by atoms with van der Waals surface area (Å²) in [6, 6.07) is 9.77. The van der Waals surface area contributed by atoms with Gasteiger partial charge in [0, 0.05) is 25.7 Å². The van der Waals surface area contributed by atoms with Gasteiger partial charge in [-0.15, -0.1) is 0 Å². The molecule has 112 valence electrons. The average Bonchev–Trinajstić information content (AvgIpc) is 2.40. The molecule has 0 bridgehead atoms. The lowest BCUT2D eigenvalue weighted by atomic mass is 10.2. The van der Waals surface area contributed by atoms with Gasteiger partial charge < -0.3 is 5.32 Å². The van der Waals surface area contributed by atoms with Crippen molar-refractivity contribution in [2.45, 2.75) is 12.7 Å². The van der Waals surface area contributed by atoms with Crippen LogP contribution in [0.1, 0.15) is 11.1 Å². The predicted octanol–water partition coefficient (Wildman–Crippen LogP) is 6.61. The van der Waals surface area contributed by atoms with Gasteiger partial charge in [-0.3, -0.25) is 0 Å². The standard InChI is InChI=1S/C14H9Br3F3N/c15-11-4-2-9(6-10(11)14(18,19)20)21-7-8-1-3-12(16)13(17)5-8/h1-6,21H,7H2. The summed E-state index contributed by atoms with van der Waals surface area (Å²) >= 11 is 9.68. The van der Waals surface area contributed by atoms with Gasteiger partial charge >= 0.3 is 6.18 Å². The molecule has 1 N–H and O–H groups in total. The SMILES string of the molecule is FC(F)(F)c1cc(NCc2ccc(Br)c(Br)c2)ccc1Br. The molecular formula is C14H9Br3F3N. The maximum Gasteiger partial charge on any atom is 0.417 e. The number of hydrogen-bond acceptors (Lipinski definition) is 1. The van der Waals surface area contributed by atoms with Crippen LogP contribution in [0.5, 0.6) is 0 Å². The monoisotopic (exact) mass is 485 g/mol. The smallest absolute Gasteiger partial charge is 0.381 e. The summed E-state index contributed by atoms with van der Waals surface area (Å²) in [7, 11) is 0. The van der Waals surface area contributed by atoms with Gasteiger partial charge in [0.1, 0.15) is 0 Å². The zero-order valence-electron chi connectivity index (χ0n) is 10.4. The van der Waals surface area contributed by atoms with Crippen LogP contribution in [0.15, 0.2) is 49.8 Å². The topological polar surface area (TPSA) is 12.0 Å². The fourth-order valence-corrected chi connectivity index (χ4v) is 2.85. The Labute approximate surface area is 145 Å². The van der Waals surface area contributed by atoms with E-state index >= 15 is 0 Å². The van der Waals surface area contributed by atoms with Crippen LogP contribution in [0.25, 0.3) is 0 Å². The fourth-order valence-electron chi connectivity index (χ4n) is 1.71. The summed E-state index contributed by atoms with van der Waals surface area (Å²) in [5.74, 6) is 0. The first-order valence-corrected chi connectivity index (χ1v) is 8.20. The largest absolute Gasteiger partial charge is 0.417 e. The quantitative estimate of drug-likeness (QED) is 0.514. The van der Waals surface area contributed by atoms with Crippen molar-refractivity contribution in [1.29, 1.82) is 0 Å². The second-order valence-corrected chi connectivity index (χ2v) is 6.86. The van der Waals surface area contributed by atoms with Crippen molar-refractivity contribution in [1.82, 2.24) is 0 Å². The Morgan fingerprint density at radius 3 is 2.14 bits per heavy atom. The molecule has 2 aromatic carbocycles. The Kier molecular flexibility index (Phi) is 5.38. The average molecular weight is 488 g/mol. The summed E-state index contributed by atoms with van der Waals surface area (Å²) in [4.78, 5) is 0. The normalized spacial score (nSPS) is 11.5. The lowest BCUT2D eigenvalue weighted by Gasteiger charge is -2.13. The van der Waals surface area contributed by atoms with Crippen molar-refractivity contribution in [2.75, 3.05) is 5.32 Å². The van der Waals surface area contributed by atoms with E-state index in [4.69, 9.17) is 0 Å². The molecule has 21 heavy (non-hydrogen) atoms. The number of hydrogen-bond donors (Lipinski definition) is 1. The van der Waals surface area contributed by atoms with Crippen LogP contribution >= 0.6 is 47.8 Å². The van der Waals surface area contributed by atoms with E-state index in [0.29, 0.717) is 12.2 Å². The van der Waals surface area contributed by atoms with Crippen molar-refractivity contribution in [2.24, 2.45) is 0 Å². The third kappa shape index (κ3) is 4.47. The molecule has 1 nitrogen and oxygen atoms in total. The zero-order chi connectivity index (χ0) is 15.6. The van der Waals surface area contributed by atoms with Crippen LogP contribution < -0.4 is 5.32 Å². The van der Waals surface area contributed by atoms with Gasteiger partial charge in [-0.25, -0.2) is 0 Å². The molecule has 0 aromatic heterocycles. The summed E-state index contributed by atoms with van der Waals surface area (Å²) in [6.07, 6.45) is -4.38. The van der Waals surface area contributed by atoms with E-state index in [1.54, 1.807) is 6.07 Å². The first-order chi connectivity index (χ1) is 9.77. The van der Waals surface area contributed by atoms with Gasteiger partial charge in [0.15, 0.2) is 0 Å². The van der Waals surface area contributed by atoms with Crippen molar-refractivity contribution < 1.29 is 13.2 Å². The van der Waals surface area contributed by atoms with Crippen LogP contribution in [-0.4, -0.2) is 0 Å². The minimum atomic E-state index is -4.38. The first kappa shape index (κ1) is 16.8. The Bertz CT molecular complexity index is 656. The molecule has 2 rings (SSSR count). The number of anilines is 1. The maximum absolute atomic E-state index is 12.8. The van der Waals surface area contributed by atoms with E-state index in [1.807, 2.05) is 18.2 Å². The van der Waals surface area contributed by atoms with Crippen LogP contribution in [0.2, 0.25) is 0 Å². The highest BCUT2D eigenvalue weighted by Gasteiger charge is 2.33. The Morgan fingerprint density at radius 2 is 1.52 bits per heavy atom. The highest BCUT2D eigenvalue weighted by molar-refractivity contribution is 9.13. The molecular weight excluding hydrogens is 479 g/mol. The fraction of sp³-hybridized carbons (Fsp3) is 0.143. The Balaban J connectivity index is 2.15. The van der Waals surface area contributed by atoms with Gasteiger partial charge in [0.25, 0.3) is 0 Å². The van der Waals surface area contributed by atoms with E-state index < -0.39 is 11.7 Å². The van der Waals surface area contributed by atoms with Crippen molar-refractivity contribution in [3.8, 4) is 0 Å². The molecule has 7 heteroatoms. The summed E-state index contributed by atoms with van der Waals surface area (Å²) in [6.45, 7) is 0.435. The number of alkyl halides is 3. The Morgan fingerprint density at radius 1 is 0.857 bits per heavy atom. The molecule has 0 radical (unpaired) electrons. The maximum atomic E-state index is 12.8. The lowest BCUT2D eigenvalue weighted by Crippen LogP contribution is -2.07. The number of nitrogens with one attached hydrogen (secondary N) is 1. The van der Waals surface area contributed by atoms with Crippen LogP contribution in [0.4, 0.5) is 18.9 Å². The minimum absolute atomic E-state index is 0.0342. The molecule has 0 saturated heterocycles. The molecule has 0 fully saturated rings. The zero-order valence-corrected chi connectivity index (χ0v) is 15.2. The molecule has 0 aliphatic carbocycles. The van der Waals surface area contributed by atoms with Crippen LogP contribution in [-0.2, 0) is 12.7 Å². The molecule has 0 atom stereocenters. The van der Waals surface area contributed by atoms with Gasteiger partial charge in [-0.2, -0.15) is 13.2 Å². The van der Waals surface area contributed by atoms with Gasteiger partial charge in [0.05, 0.1) is 5.56 Å². The highest BCUT2D eigenvalue weighted by atomic mass is 79.9. The van der Waals surface area contributed by atoms with Crippen molar-refractivity contribution >= 4 is 53.5 Å². The van der Waals surface area contributed by atoms with Gasteiger partial charge in [-0.1, -0.05) is 22.0 Å². The van der Waals surface area contributed by atoms with Crippen LogP contribution in [0, 0.1) is 0 Å². The molecule has 2 aromatic rings. The highest BCUT2D eigenvalue weighted by Crippen LogP contribution is 2.36. The van der Waals surface area contributed by atoms with E-state index in [0.717, 1.165) is 20.6 Å². The molecule has 0 spiro atoms. The summed E-state index contributed by atoms with van der Waals surface area (Å²) < 4.78 is 40.3. The molecule has 0 unspecified atom stereocenters. The second-order valence-electron chi connectivity index (χ2n) is 4.29. The molecule has 0 aliphatic heterocycles. The van der Waals surface area contributed by atoms with E-state index in [2.05, 4.69) is 53.1 Å². The predicted molar refractivity (Wildman–Crippen MR) is 88.3 cm³/mol. The Hall–Kier alpha value is -0.530. The van der Waals surface area contributed by atoms with Crippen LogP contribution in [0.3, 0.4) is 0 Å². The second kappa shape index (κ2) is 6.71. The van der Waals surface area contributed by atoms with Gasteiger partial charge in [0.2, 0.25) is 0 Å². The third-order valence-corrected chi connectivity index (χ3v) is 5.32. The first-order valence-electron chi connectivity index (χ1n) is 5.82. The summed E-state index contributed by atoms with van der Waals surface area (Å²) in [5, 5.41) is 2.99.